The molecule has 0 aliphatic heterocycles. The minimum Gasteiger partial charge on any atom is -0.310 e. The van der Waals surface area contributed by atoms with Crippen molar-refractivity contribution in [3.63, 3.8) is 0 Å². The number of benzene rings is 1. The minimum absolute atomic E-state index is 0.132. The van der Waals surface area contributed by atoms with Gasteiger partial charge in [0.15, 0.2) is 5.82 Å². The van der Waals surface area contributed by atoms with Crippen LogP contribution in [0.4, 0.5) is 4.39 Å². The molecule has 3 aromatic rings. The maximum Gasteiger partial charge on any atom is 0.166 e. The molecule has 0 unspecified atom stereocenters. The van der Waals surface area contributed by atoms with Crippen LogP contribution in [0.15, 0.2) is 36.7 Å². The normalized spacial score (nSPS) is 11.2. The van der Waals surface area contributed by atoms with Crippen LogP contribution in [0.1, 0.15) is 11.3 Å². The summed E-state index contributed by atoms with van der Waals surface area (Å²) in [6, 6.07) is 7.32. The molecule has 0 saturated heterocycles. The van der Waals surface area contributed by atoms with Gasteiger partial charge in [0.1, 0.15) is 0 Å². The van der Waals surface area contributed by atoms with Gasteiger partial charge in [-0.3, -0.25) is 4.98 Å². The van der Waals surface area contributed by atoms with E-state index in [1.807, 2.05) is 36.6 Å². The summed E-state index contributed by atoms with van der Waals surface area (Å²) in [7, 11) is 0. The number of aromatic nitrogens is 2. The zero-order chi connectivity index (χ0) is 13.6. The predicted molar refractivity (Wildman–Crippen MR) is 75.5 cm³/mol. The molecule has 1 aromatic carbocycles. The second kappa shape index (κ2) is 4.35. The highest BCUT2D eigenvalue weighted by Gasteiger charge is 2.14. The Bertz CT molecular complexity index is 777. The number of rotatable bonds is 1. The Kier molecular flexibility index (Phi) is 2.79. The van der Waals surface area contributed by atoms with Gasteiger partial charge in [0, 0.05) is 17.3 Å². The van der Waals surface area contributed by atoms with E-state index < -0.39 is 5.82 Å². The summed E-state index contributed by atoms with van der Waals surface area (Å²) in [6.45, 7) is 3.90. The maximum atomic E-state index is 14.3. The molecule has 0 aliphatic carbocycles. The van der Waals surface area contributed by atoms with Gasteiger partial charge in [-0.15, -0.1) is 0 Å². The molecule has 4 heteroatoms. The Hall–Kier alpha value is -1.87. The van der Waals surface area contributed by atoms with E-state index in [-0.39, 0.29) is 5.02 Å². The molecule has 2 aromatic heterocycles. The minimum atomic E-state index is -0.395. The molecule has 3 rings (SSSR count). The maximum absolute atomic E-state index is 14.3. The number of pyridine rings is 1. The molecular weight excluding hydrogens is 263 g/mol. The van der Waals surface area contributed by atoms with E-state index in [1.54, 1.807) is 18.5 Å². The summed E-state index contributed by atoms with van der Waals surface area (Å²) in [4.78, 5) is 4.16. The summed E-state index contributed by atoms with van der Waals surface area (Å²) < 4.78 is 16.1. The zero-order valence-corrected chi connectivity index (χ0v) is 11.4. The van der Waals surface area contributed by atoms with Gasteiger partial charge in [-0.25, -0.2) is 4.39 Å². The fourth-order valence-electron chi connectivity index (χ4n) is 2.36. The molecule has 0 bridgehead atoms. The number of hydrogen-bond donors (Lipinski definition) is 0. The van der Waals surface area contributed by atoms with E-state index in [0.717, 1.165) is 22.3 Å². The Morgan fingerprint density at radius 2 is 1.95 bits per heavy atom. The Morgan fingerprint density at radius 1 is 1.16 bits per heavy atom. The largest absolute Gasteiger partial charge is 0.310 e. The second-order valence-corrected chi connectivity index (χ2v) is 5.05. The van der Waals surface area contributed by atoms with Crippen LogP contribution < -0.4 is 0 Å². The fraction of sp³-hybridized carbons (Fsp3) is 0.133. The van der Waals surface area contributed by atoms with Crippen molar-refractivity contribution in [1.82, 2.24) is 9.55 Å². The van der Waals surface area contributed by atoms with Gasteiger partial charge in [-0.2, -0.15) is 0 Å². The molecular formula is C15H12ClFN2. The Balaban J connectivity index is 2.40. The lowest BCUT2D eigenvalue weighted by Crippen LogP contribution is -1.99. The van der Waals surface area contributed by atoms with Gasteiger partial charge < -0.3 is 4.57 Å². The van der Waals surface area contributed by atoms with E-state index in [1.165, 1.54) is 0 Å². The number of hydrogen-bond acceptors (Lipinski definition) is 1. The van der Waals surface area contributed by atoms with Gasteiger partial charge >= 0.3 is 0 Å². The molecule has 19 heavy (non-hydrogen) atoms. The first kappa shape index (κ1) is 12.2. The highest BCUT2D eigenvalue weighted by Crippen LogP contribution is 2.30. The average molecular weight is 275 g/mol. The van der Waals surface area contributed by atoms with Crippen molar-refractivity contribution in [2.45, 2.75) is 13.8 Å². The molecule has 2 heterocycles. The lowest BCUT2D eigenvalue weighted by molar-refractivity contribution is 0.634. The molecule has 0 spiro atoms. The van der Waals surface area contributed by atoms with Crippen LogP contribution >= 0.6 is 11.6 Å². The van der Waals surface area contributed by atoms with Crippen molar-refractivity contribution in [2.24, 2.45) is 0 Å². The summed E-state index contributed by atoms with van der Waals surface area (Å²) in [5.41, 5.74) is 3.32. The van der Waals surface area contributed by atoms with Crippen LogP contribution in [0, 0.1) is 19.7 Å². The SMILES string of the molecule is Cc1cncc(-n2c(C)cc3ccc(Cl)c(F)c32)c1. The quantitative estimate of drug-likeness (QED) is 0.642. The van der Waals surface area contributed by atoms with Gasteiger partial charge in [0.25, 0.3) is 0 Å². The standard InChI is InChI=1S/C15H12ClFN2/c1-9-5-12(8-18-7-9)19-10(2)6-11-3-4-13(16)14(17)15(11)19/h3-8H,1-2H3. The molecule has 0 aliphatic rings. The second-order valence-electron chi connectivity index (χ2n) is 4.64. The molecule has 0 atom stereocenters. The lowest BCUT2D eigenvalue weighted by atomic mass is 10.2. The van der Waals surface area contributed by atoms with Crippen molar-refractivity contribution in [3.05, 3.63) is 58.8 Å². The highest BCUT2D eigenvalue weighted by molar-refractivity contribution is 6.31. The third-order valence-electron chi connectivity index (χ3n) is 3.16. The van der Waals surface area contributed by atoms with Gasteiger partial charge in [0.05, 0.1) is 22.4 Å². The first-order valence-electron chi connectivity index (χ1n) is 5.96. The third kappa shape index (κ3) is 1.90. The average Bonchev–Trinajstić information content (AvgIpc) is 2.71. The first-order valence-corrected chi connectivity index (χ1v) is 6.34. The van der Waals surface area contributed by atoms with Crippen LogP contribution in [-0.4, -0.2) is 9.55 Å². The Morgan fingerprint density at radius 3 is 2.68 bits per heavy atom. The molecule has 2 nitrogen and oxygen atoms in total. The van der Waals surface area contributed by atoms with Gasteiger partial charge in [-0.05, 0) is 37.6 Å². The molecule has 96 valence electrons. The lowest BCUT2D eigenvalue weighted by Gasteiger charge is -2.09. The summed E-state index contributed by atoms with van der Waals surface area (Å²) in [6.07, 6.45) is 3.49. The van der Waals surface area contributed by atoms with Crippen LogP contribution in [0.3, 0.4) is 0 Å². The van der Waals surface area contributed by atoms with E-state index in [0.29, 0.717) is 5.52 Å². The number of nitrogens with zero attached hydrogens (tertiary/aromatic N) is 2. The predicted octanol–water partition coefficient (Wildman–Crippen LogP) is 4.43. The van der Waals surface area contributed by atoms with Crippen LogP contribution in [-0.2, 0) is 0 Å². The van der Waals surface area contributed by atoms with Crippen molar-refractivity contribution in [3.8, 4) is 5.69 Å². The Labute approximate surface area is 115 Å². The molecule has 0 amide bonds. The monoisotopic (exact) mass is 274 g/mol. The van der Waals surface area contributed by atoms with Crippen LogP contribution in [0.2, 0.25) is 5.02 Å². The van der Waals surface area contributed by atoms with Crippen molar-refractivity contribution in [1.29, 1.82) is 0 Å². The molecule has 0 radical (unpaired) electrons. The molecule has 0 fully saturated rings. The topological polar surface area (TPSA) is 17.8 Å². The van der Waals surface area contributed by atoms with Gasteiger partial charge in [0.2, 0.25) is 0 Å². The zero-order valence-electron chi connectivity index (χ0n) is 10.6. The fourth-order valence-corrected chi connectivity index (χ4v) is 2.51. The third-order valence-corrected chi connectivity index (χ3v) is 3.45. The van der Waals surface area contributed by atoms with E-state index in [9.17, 15) is 4.39 Å². The first-order chi connectivity index (χ1) is 9.08. The van der Waals surface area contributed by atoms with Crippen molar-refractivity contribution < 1.29 is 4.39 Å². The molecule has 0 saturated carbocycles. The molecule has 0 N–H and O–H groups in total. The van der Waals surface area contributed by atoms with Crippen molar-refractivity contribution in [2.75, 3.05) is 0 Å². The van der Waals surface area contributed by atoms with E-state index in [4.69, 9.17) is 11.6 Å². The smallest absolute Gasteiger partial charge is 0.166 e. The number of aryl methyl sites for hydroxylation is 2. The van der Waals surface area contributed by atoms with Crippen molar-refractivity contribution >= 4 is 22.5 Å². The number of halogens is 2. The number of fused-ring (bicyclic) bond motifs is 1. The van der Waals surface area contributed by atoms with Gasteiger partial charge in [-0.1, -0.05) is 17.7 Å². The highest BCUT2D eigenvalue weighted by atomic mass is 35.5. The van der Waals surface area contributed by atoms with Crippen LogP contribution in [0.5, 0.6) is 0 Å². The summed E-state index contributed by atoms with van der Waals surface area (Å²) in [5.74, 6) is -0.395. The van der Waals surface area contributed by atoms with E-state index >= 15 is 0 Å². The van der Waals surface area contributed by atoms with E-state index in [2.05, 4.69) is 4.98 Å². The summed E-state index contributed by atoms with van der Waals surface area (Å²) >= 11 is 5.88. The van der Waals surface area contributed by atoms with Crippen LogP contribution in [0.25, 0.3) is 16.6 Å². The summed E-state index contributed by atoms with van der Waals surface area (Å²) in [5, 5.41) is 0.966.